The van der Waals surface area contributed by atoms with Crippen LogP contribution < -0.4 is 5.32 Å². The number of carbonyl (C=O) groups is 1. The molecule has 0 spiro atoms. The summed E-state index contributed by atoms with van der Waals surface area (Å²) in [5, 5.41) is 10.8. The molecule has 0 atom stereocenters. The highest BCUT2D eigenvalue weighted by Gasteiger charge is 2.07. The molecule has 3 nitrogen and oxygen atoms in total. The molecule has 1 amide bonds. The third kappa shape index (κ3) is 3.94. The van der Waals surface area contributed by atoms with Crippen molar-refractivity contribution in [3.63, 3.8) is 0 Å². The molecule has 0 aromatic heterocycles. The van der Waals surface area contributed by atoms with E-state index in [-0.39, 0.29) is 24.6 Å². The molecule has 0 fully saturated rings. The molecule has 88 valence electrons. The van der Waals surface area contributed by atoms with Crippen LogP contribution in [0.25, 0.3) is 0 Å². The Balaban J connectivity index is 2.49. The Morgan fingerprint density at radius 2 is 2.06 bits per heavy atom. The summed E-state index contributed by atoms with van der Waals surface area (Å²) in [6.45, 7) is 0.0260. The molecule has 0 radical (unpaired) electrons. The van der Waals surface area contributed by atoms with Gasteiger partial charge in [-0.25, -0.2) is 8.78 Å². The first-order valence-corrected chi connectivity index (χ1v) is 4.99. The largest absolute Gasteiger partial charge is 0.396 e. The predicted molar refractivity (Wildman–Crippen MR) is 55.9 cm³/mol. The van der Waals surface area contributed by atoms with Crippen LogP contribution in [0.5, 0.6) is 0 Å². The Kier molecular flexibility index (Phi) is 4.85. The molecule has 0 aliphatic heterocycles. The van der Waals surface area contributed by atoms with Crippen molar-refractivity contribution in [1.82, 2.24) is 0 Å². The van der Waals surface area contributed by atoms with Gasteiger partial charge in [-0.2, -0.15) is 0 Å². The number of hydrogen-bond donors (Lipinski definition) is 2. The number of benzene rings is 1. The fourth-order valence-electron chi connectivity index (χ4n) is 1.20. The van der Waals surface area contributed by atoms with Crippen molar-refractivity contribution in [3.8, 4) is 0 Å². The van der Waals surface area contributed by atoms with E-state index in [4.69, 9.17) is 5.11 Å². The number of halogens is 2. The molecule has 0 saturated carbocycles. The lowest BCUT2D eigenvalue weighted by molar-refractivity contribution is -0.116. The Morgan fingerprint density at radius 3 is 2.69 bits per heavy atom. The highest BCUT2D eigenvalue weighted by atomic mass is 19.1. The van der Waals surface area contributed by atoms with Crippen LogP contribution in [0, 0.1) is 11.6 Å². The van der Waals surface area contributed by atoms with Gasteiger partial charge in [0.25, 0.3) is 0 Å². The Morgan fingerprint density at radius 1 is 1.31 bits per heavy atom. The molecule has 0 aliphatic carbocycles. The minimum atomic E-state index is -0.796. The molecular weight excluding hydrogens is 216 g/mol. The molecule has 16 heavy (non-hydrogen) atoms. The van der Waals surface area contributed by atoms with Crippen LogP contribution in [-0.4, -0.2) is 17.6 Å². The SMILES string of the molecule is O=C(CCCCO)Nc1ccc(F)cc1F. The zero-order valence-electron chi connectivity index (χ0n) is 8.67. The number of nitrogens with one attached hydrogen (secondary N) is 1. The second-order valence-corrected chi connectivity index (χ2v) is 3.35. The molecule has 0 saturated heterocycles. The van der Waals surface area contributed by atoms with Crippen molar-refractivity contribution in [2.24, 2.45) is 0 Å². The number of rotatable bonds is 5. The maximum atomic E-state index is 13.1. The van der Waals surface area contributed by atoms with Gasteiger partial charge < -0.3 is 10.4 Å². The molecule has 0 heterocycles. The van der Waals surface area contributed by atoms with Gasteiger partial charge in [-0.3, -0.25) is 4.79 Å². The fraction of sp³-hybridized carbons (Fsp3) is 0.364. The average molecular weight is 229 g/mol. The summed E-state index contributed by atoms with van der Waals surface area (Å²) in [6.07, 6.45) is 1.27. The zero-order valence-corrected chi connectivity index (χ0v) is 8.67. The van der Waals surface area contributed by atoms with E-state index in [2.05, 4.69) is 5.32 Å². The van der Waals surface area contributed by atoms with Crippen LogP contribution in [0.3, 0.4) is 0 Å². The van der Waals surface area contributed by atoms with Gasteiger partial charge >= 0.3 is 0 Å². The lowest BCUT2D eigenvalue weighted by atomic mass is 10.2. The third-order valence-corrected chi connectivity index (χ3v) is 2.02. The number of unbranched alkanes of at least 4 members (excludes halogenated alkanes) is 1. The molecule has 0 unspecified atom stereocenters. The Labute approximate surface area is 92.1 Å². The summed E-state index contributed by atoms with van der Waals surface area (Å²) in [6, 6.07) is 2.96. The molecular formula is C11H13F2NO2. The van der Waals surface area contributed by atoms with Crippen LogP contribution in [0.1, 0.15) is 19.3 Å². The summed E-state index contributed by atoms with van der Waals surface area (Å²) < 4.78 is 25.7. The second kappa shape index (κ2) is 6.17. The second-order valence-electron chi connectivity index (χ2n) is 3.35. The summed E-state index contributed by atoms with van der Waals surface area (Å²) in [4.78, 5) is 11.3. The van der Waals surface area contributed by atoms with Gasteiger partial charge in [0.05, 0.1) is 5.69 Å². The topological polar surface area (TPSA) is 49.3 Å². The number of aliphatic hydroxyl groups excluding tert-OH is 1. The van der Waals surface area contributed by atoms with E-state index in [0.717, 1.165) is 6.07 Å². The number of aliphatic hydroxyl groups is 1. The number of amides is 1. The number of anilines is 1. The number of hydrogen-bond acceptors (Lipinski definition) is 2. The van der Waals surface area contributed by atoms with Gasteiger partial charge in [-0.1, -0.05) is 0 Å². The van der Waals surface area contributed by atoms with Crippen molar-refractivity contribution in [3.05, 3.63) is 29.8 Å². The van der Waals surface area contributed by atoms with E-state index in [1.807, 2.05) is 0 Å². The Hall–Kier alpha value is -1.49. The van der Waals surface area contributed by atoms with Gasteiger partial charge in [0.15, 0.2) is 0 Å². The van der Waals surface area contributed by atoms with Crippen molar-refractivity contribution in [1.29, 1.82) is 0 Å². The van der Waals surface area contributed by atoms with Gasteiger partial charge in [-0.15, -0.1) is 0 Å². The molecule has 1 rings (SSSR count). The lowest BCUT2D eigenvalue weighted by Gasteiger charge is -2.05. The highest BCUT2D eigenvalue weighted by molar-refractivity contribution is 5.90. The molecule has 2 N–H and O–H groups in total. The fourth-order valence-corrected chi connectivity index (χ4v) is 1.20. The number of carbonyl (C=O) groups excluding carboxylic acids is 1. The maximum Gasteiger partial charge on any atom is 0.224 e. The normalized spacial score (nSPS) is 10.2. The standard InChI is InChI=1S/C11H13F2NO2/c12-8-4-5-10(9(13)7-8)14-11(16)3-1-2-6-15/h4-5,7,15H,1-3,6H2,(H,14,16). The average Bonchev–Trinajstić information content (AvgIpc) is 2.23. The van der Waals surface area contributed by atoms with Crippen molar-refractivity contribution >= 4 is 11.6 Å². The molecule has 0 aliphatic rings. The van der Waals surface area contributed by atoms with E-state index in [1.54, 1.807) is 0 Å². The van der Waals surface area contributed by atoms with Gasteiger partial charge in [-0.05, 0) is 25.0 Å². The molecule has 0 bridgehead atoms. The zero-order chi connectivity index (χ0) is 12.0. The van der Waals surface area contributed by atoms with Crippen LogP contribution in [-0.2, 0) is 4.79 Å². The van der Waals surface area contributed by atoms with Gasteiger partial charge in [0.2, 0.25) is 5.91 Å². The van der Waals surface area contributed by atoms with Crippen molar-refractivity contribution in [2.45, 2.75) is 19.3 Å². The first kappa shape index (κ1) is 12.6. The predicted octanol–water partition coefficient (Wildman–Crippen LogP) is 2.07. The monoisotopic (exact) mass is 229 g/mol. The van der Waals surface area contributed by atoms with Crippen LogP contribution in [0.2, 0.25) is 0 Å². The smallest absolute Gasteiger partial charge is 0.224 e. The summed E-state index contributed by atoms with van der Waals surface area (Å²) >= 11 is 0. The third-order valence-electron chi connectivity index (χ3n) is 2.02. The molecule has 1 aromatic carbocycles. The summed E-state index contributed by atoms with van der Waals surface area (Å²) in [7, 11) is 0. The van der Waals surface area contributed by atoms with E-state index in [1.165, 1.54) is 6.07 Å². The highest BCUT2D eigenvalue weighted by Crippen LogP contribution is 2.15. The van der Waals surface area contributed by atoms with Crippen molar-refractivity contribution in [2.75, 3.05) is 11.9 Å². The summed E-state index contributed by atoms with van der Waals surface area (Å²) in [5.74, 6) is -1.83. The first-order chi connectivity index (χ1) is 7.63. The van der Waals surface area contributed by atoms with E-state index >= 15 is 0 Å². The van der Waals surface area contributed by atoms with Crippen LogP contribution >= 0.6 is 0 Å². The van der Waals surface area contributed by atoms with Gasteiger partial charge in [0, 0.05) is 19.1 Å². The van der Waals surface area contributed by atoms with E-state index in [9.17, 15) is 13.6 Å². The minimum Gasteiger partial charge on any atom is -0.396 e. The molecule has 5 heteroatoms. The first-order valence-electron chi connectivity index (χ1n) is 4.99. The van der Waals surface area contributed by atoms with E-state index in [0.29, 0.717) is 18.9 Å². The van der Waals surface area contributed by atoms with Crippen LogP contribution in [0.4, 0.5) is 14.5 Å². The molecule has 1 aromatic rings. The maximum absolute atomic E-state index is 13.1. The Bertz CT molecular complexity index is 369. The van der Waals surface area contributed by atoms with Crippen LogP contribution in [0.15, 0.2) is 18.2 Å². The lowest BCUT2D eigenvalue weighted by Crippen LogP contribution is -2.12. The minimum absolute atomic E-state index is 0.0260. The summed E-state index contributed by atoms with van der Waals surface area (Å²) in [5.41, 5.74) is -0.0320. The quantitative estimate of drug-likeness (QED) is 0.759. The van der Waals surface area contributed by atoms with Gasteiger partial charge in [0.1, 0.15) is 11.6 Å². The van der Waals surface area contributed by atoms with Crippen molar-refractivity contribution < 1.29 is 18.7 Å². The van der Waals surface area contributed by atoms with E-state index < -0.39 is 11.6 Å².